The lowest BCUT2D eigenvalue weighted by Crippen LogP contribution is -2.40. The molecule has 1 fully saturated rings. The molecule has 3 rings (SSSR count). The SMILES string of the molecule is Cc1[nH]ncc1NC(=O)[C@H]1CCCN(Cc2cccc(F)c2)C1. The Morgan fingerprint density at radius 1 is 1.52 bits per heavy atom. The van der Waals surface area contributed by atoms with E-state index >= 15 is 0 Å². The number of aryl methyl sites for hydroxylation is 1. The Hall–Kier alpha value is -2.21. The number of rotatable bonds is 4. The van der Waals surface area contributed by atoms with E-state index in [0.29, 0.717) is 13.1 Å². The van der Waals surface area contributed by atoms with Gasteiger partial charge in [-0.1, -0.05) is 12.1 Å². The minimum Gasteiger partial charge on any atom is -0.323 e. The van der Waals surface area contributed by atoms with E-state index < -0.39 is 0 Å². The van der Waals surface area contributed by atoms with Crippen molar-refractivity contribution in [2.45, 2.75) is 26.3 Å². The quantitative estimate of drug-likeness (QED) is 0.912. The molecule has 1 saturated heterocycles. The number of hydrogen-bond acceptors (Lipinski definition) is 3. The highest BCUT2D eigenvalue weighted by Gasteiger charge is 2.26. The van der Waals surface area contributed by atoms with Crippen molar-refractivity contribution in [1.82, 2.24) is 15.1 Å². The zero-order valence-electron chi connectivity index (χ0n) is 13.2. The predicted octanol–water partition coefficient (Wildman–Crippen LogP) is 2.71. The highest BCUT2D eigenvalue weighted by Crippen LogP contribution is 2.21. The summed E-state index contributed by atoms with van der Waals surface area (Å²) in [7, 11) is 0. The first-order valence-corrected chi connectivity index (χ1v) is 7.89. The van der Waals surface area contributed by atoms with Crippen LogP contribution in [-0.2, 0) is 11.3 Å². The maximum Gasteiger partial charge on any atom is 0.228 e. The van der Waals surface area contributed by atoms with Crippen LogP contribution < -0.4 is 5.32 Å². The minimum absolute atomic E-state index is 0.0263. The normalized spacial score (nSPS) is 18.8. The second kappa shape index (κ2) is 6.91. The lowest BCUT2D eigenvalue weighted by Gasteiger charge is -2.32. The van der Waals surface area contributed by atoms with Gasteiger partial charge >= 0.3 is 0 Å². The van der Waals surface area contributed by atoms with Gasteiger partial charge in [-0.15, -0.1) is 0 Å². The van der Waals surface area contributed by atoms with Gasteiger partial charge in [0.15, 0.2) is 0 Å². The van der Waals surface area contributed by atoms with Crippen molar-refractivity contribution < 1.29 is 9.18 Å². The third-order valence-electron chi connectivity index (χ3n) is 4.26. The second-order valence-electron chi connectivity index (χ2n) is 6.10. The van der Waals surface area contributed by atoms with Crippen molar-refractivity contribution in [3.05, 3.63) is 47.5 Å². The fraction of sp³-hybridized carbons (Fsp3) is 0.412. The molecule has 1 aliphatic heterocycles. The van der Waals surface area contributed by atoms with Crippen LogP contribution in [0.5, 0.6) is 0 Å². The Bertz CT molecular complexity index is 685. The van der Waals surface area contributed by atoms with Gasteiger partial charge in [0.2, 0.25) is 5.91 Å². The van der Waals surface area contributed by atoms with Crippen molar-refractivity contribution in [2.24, 2.45) is 5.92 Å². The molecule has 122 valence electrons. The molecular formula is C17H21FN4O. The molecule has 1 amide bonds. The average Bonchev–Trinajstić information content (AvgIpc) is 2.93. The molecule has 0 saturated carbocycles. The zero-order chi connectivity index (χ0) is 16.2. The number of amides is 1. The van der Waals surface area contributed by atoms with Crippen molar-refractivity contribution in [2.75, 3.05) is 18.4 Å². The van der Waals surface area contributed by atoms with Crippen LogP contribution in [-0.4, -0.2) is 34.1 Å². The van der Waals surface area contributed by atoms with Crippen molar-refractivity contribution in [1.29, 1.82) is 0 Å². The first kappa shape index (κ1) is 15.7. The molecule has 1 aliphatic rings. The number of benzene rings is 1. The van der Waals surface area contributed by atoms with Gasteiger partial charge in [0.25, 0.3) is 0 Å². The standard InChI is InChI=1S/C17H21FN4O/c1-12-16(9-19-21-12)20-17(23)14-5-3-7-22(11-14)10-13-4-2-6-15(18)8-13/h2,4,6,8-9,14H,3,5,7,10-11H2,1H3,(H,19,21)(H,20,23)/t14-/m0/s1. The monoisotopic (exact) mass is 316 g/mol. The predicted molar refractivity (Wildman–Crippen MR) is 86.4 cm³/mol. The first-order valence-electron chi connectivity index (χ1n) is 7.89. The molecule has 23 heavy (non-hydrogen) atoms. The van der Waals surface area contributed by atoms with Crippen LogP contribution in [0.15, 0.2) is 30.5 Å². The van der Waals surface area contributed by atoms with Gasteiger partial charge in [0.05, 0.1) is 23.5 Å². The highest BCUT2D eigenvalue weighted by molar-refractivity contribution is 5.93. The van der Waals surface area contributed by atoms with E-state index in [-0.39, 0.29) is 17.6 Å². The summed E-state index contributed by atoms with van der Waals surface area (Å²) in [6.45, 7) is 4.18. The molecule has 5 nitrogen and oxygen atoms in total. The number of carbonyl (C=O) groups is 1. The van der Waals surface area contributed by atoms with Gasteiger partial charge in [-0.3, -0.25) is 14.8 Å². The lowest BCUT2D eigenvalue weighted by atomic mass is 9.96. The van der Waals surface area contributed by atoms with Gasteiger partial charge in [-0.25, -0.2) is 4.39 Å². The third kappa shape index (κ3) is 3.96. The molecule has 2 N–H and O–H groups in total. The van der Waals surface area contributed by atoms with E-state index in [9.17, 15) is 9.18 Å². The molecule has 0 unspecified atom stereocenters. The van der Waals surface area contributed by atoms with Crippen LogP contribution in [0.4, 0.5) is 10.1 Å². The number of nitrogens with zero attached hydrogens (tertiary/aromatic N) is 2. The van der Waals surface area contributed by atoms with E-state index in [2.05, 4.69) is 20.4 Å². The van der Waals surface area contributed by atoms with Crippen LogP contribution in [0.1, 0.15) is 24.1 Å². The fourth-order valence-corrected chi connectivity index (χ4v) is 3.02. The molecule has 0 aliphatic carbocycles. The van der Waals surface area contributed by atoms with Gasteiger partial charge in [0.1, 0.15) is 5.82 Å². The molecule has 6 heteroatoms. The molecule has 1 aromatic carbocycles. The molecular weight excluding hydrogens is 295 g/mol. The Labute approximate surface area is 134 Å². The van der Waals surface area contributed by atoms with Crippen molar-refractivity contribution >= 4 is 11.6 Å². The van der Waals surface area contributed by atoms with E-state index in [1.807, 2.05) is 13.0 Å². The highest BCUT2D eigenvalue weighted by atomic mass is 19.1. The third-order valence-corrected chi connectivity index (χ3v) is 4.26. The summed E-state index contributed by atoms with van der Waals surface area (Å²) >= 11 is 0. The lowest BCUT2D eigenvalue weighted by molar-refractivity contribution is -0.121. The average molecular weight is 316 g/mol. The minimum atomic E-state index is -0.218. The van der Waals surface area contributed by atoms with Crippen LogP contribution in [0.25, 0.3) is 0 Å². The zero-order valence-corrected chi connectivity index (χ0v) is 13.2. The number of nitrogens with one attached hydrogen (secondary N) is 2. The number of halogens is 1. The van der Waals surface area contributed by atoms with Crippen LogP contribution in [0.2, 0.25) is 0 Å². The molecule has 1 aromatic heterocycles. The van der Waals surface area contributed by atoms with E-state index in [1.165, 1.54) is 6.07 Å². The fourth-order valence-electron chi connectivity index (χ4n) is 3.02. The molecule has 0 spiro atoms. The Kier molecular flexibility index (Phi) is 4.71. The maximum absolute atomic E-state index is 13.3. The number of likely N-dealkylation sites (tertiary alicyclic amines) is 1. The molecule has 2 aromatic rings. The van der Waals surface area contributed by atoms with Gasteiger partial charge in [-0.05, 0) is 44.0 Å². The van der Waals surface area contributed by atoms with Crippen molar-refractivity contribution in [3.63, 3.8) is 0 Å². The topological polar surface area (TPSA) is 61.0 Å². The summed E-state index contributed by atoms with van der Waals surface area (Å²) in [5.41, 5.74) is 2.53. The molecule has 2 heterocycles. The molecule has 0 bridgehead atoms. The Morgan fingerprint density at radius 3 is 3.13 bits per heavy atom. The van der Waals surface area contributed by atoms with Crippen LogP contribution in [0, 0.1) is 18.7 Å². The smallest absolute Gasteiger partial charge is 0.228 e. The van der Waals surface area contributed by atoms with Crippen LogP contribution >= 0.6 is 0 Å². The largest absolute Gasteiger partial charge is 0.323 e. The Balaban J connectivity index is 1.59. The number of H-pyrrole nitrogens is 1. The van der Waals surface area contributed by atoms with Gasteiger partial charge < -0.3 is 5.32 Å². The van der Waals surface area contributed by atoms with Crippen LogP contribution in [0.3, 0.4) is 0 Å². The number of hydrogen-bond donors (Lipinski definition) is 2. The summed E-state index contributed by atoms with van der Waals surface area (Å²) in [6, 6.07) is 6.64. The van der Waals surface area contributed by atoms with E-state index in [0.717, 1.165) is 36.3 Å². The number of aromatic nitrogens is 2. The summed E-state index contributed by atoms with van der Waals surface area (Å²) in [6.07, 6.45) is 3.47. The number of anilines is 1. The van der Waals surface area contributed by atoms with Gasteiger partial charge in [0, 0.05) is 13.1 Å². The summed E-state index contributed by atoms with van der Waals surface area (Å²) < 4.78 is 13.3. The summed E-state index contributed by atoms with van der Waals surface area (Å²) in [5.74, 6) is -0.241. The van der Waals surface area contributed by atoms with E-state index in [1.54, 1.807) is 18.3 Å². The van der Waals surface area contributed by atoms with Gasteiger partial charge in [-0.2, -0.15) is 5.10 Å². The number of carbonyl (C=O) groups excluding carboxylic acids is 1. The summed E-state index contributed by atoms with van der Waals surface area (Å²) in [5, 5.41) is 9.66. The molecule has 1 atom stereocenters. The maximum atomic E-state index is 13.3. The van der Waals surface area contributed by atoms with Crippen molar-refractivity contribution in [3.8, 4) is 0 Å². The summed E-state index contributed by atoms with van der Waals surface area (Å²) in [4.78, 5) is 14.6. The Morgan fingerprint density at radius 2 is 2.39 bits per heavy atom. The molecule has 0 radical (unpaired) electrons. The van der Waals surface area contributed by atoms with E-state index in [4.69, 9.17) is 0 Å². The number of piperidine rings is 1. The second-order valence-corrected chi connectivity index (χ2v) is 6.10. The number of aromatic amines is 1. The first-order chi connectivity index (χ1) is 11.1.